The molecular formula is C27H27NO4S. The number of fused-ring (bicyclic) bond motifs is 2. The summed E-state index contributed by atoms with van der Waals surface area (Å²) in [6, 6.07) is 14.4. The van der Waals surface area contributed by atoms with E-state index >= 15 is 0 Å². The minimum absolute atomic E-state index is 0.0717. The number of hydrogen-bond donors (Lipinski definition) is 0. The van der Waals surface area contributed by atoms with Gasteiger partial charge in [0.25, 0.3) is 0 Å². The average molecular weight is 462 g/mol. The van der Waals surface area contributed by atoms with Crippen LogP contribution in [0.2, 0.25) is 0 Å². The Kier molecular flexibility index (Phi) is 5.72. The van der Waals surface area contributed by atoms with E-state index in [0.29, 0.717) is 12.1 Å². The molecular weight excluding hydrogens is 434 g/mol. The first kappa shape index (κ1) is 21.7. The fourth-order valence-electron chi connectivity index (χ4n) is 4.82. The van der Waals surface area contributed by atoms with Gasteiger partial charge in [0.1, 0.15) is 5.58 Å². The first-order valence-electron chi connectivity index (χ1n) is 11.1. The van der Waals surface area contributed by atoms with Crippen molar-refractivity contribution in [2.75, 3.05) is 20.8 Å². The monoisotopic (exact) mass is 461 g/mol. The van der Waals surface area contributed by atoms with Crippen molar-refractivity contribution < 1.29 is 13.9 Å². The summed E-state index contributed by atoms with van der Waals surface area (Å²) >= 11 is 1.75. The van der Waals surface area contributed by atoms with Crippen LogP contribution in [0, 0.1) is 13.8 Å². The van der Waals surface area contributed by atoms with Gasteiger partial charge in [-0.25, -0.2) is 4.79 Å². The minimum atomic E-state index is -0.303. The second kappa shape index (κ2) is 8.69. The van der Waals surface area contributed by atoms with E-state index in [1.807, 2.05) is 13.8 Å². The Bertz CT molecular complexity index is 1370. The smallest absolute Gasteiger partial charge is 0.336 e. The molecule has 3 heterocycles. The van der Waals surface area contributed by atoms with E-state index in [9.17, 15) is 4.79 Å². The van der Waals surface area contributed by atoms with Gasteiger partial charge in [0.05, 0.1) is 20.3 Å². The summed E-state index contributed by atoms with van der Waals surface area (Å²) in [6.45, 7) is 5.58. The van der Waals surface area contributed by atoms with Gasteiger partial charge in [-0.1, -0.05) is 18.2 Å². The quantitative estimate of drug-likeness (QED) is 0.360. The van der Waals surface area contributed by atoms with Crippen molar-refractivity contribution in [2.24, 2.45) is 0 Å². The van der Waals surface area contributed by atoms with E-state index in [1.165, 1.54) is 16.0 Å². The molecule has 1 aliphatic rings. The molecule has 1 aliphatic heterocycles. The summed E-state index contributed by atoms with van der Waals surface area (Å²) in [6.07, 6.45) is 0.898. The fourth-order valence-corrected chi connectivity index (χ4v) is 5.70. The van der Waals surface area contributed by atoms with E-state index in [2.05, 4.69) is 46.7 Å². The largest absolute Gasteiger partial charge is 0.493 e. The van der Waals surface area contributed by atoms with Crippen molar-refractivity contribution in [1.29, 1.82) is 0 Å². The van der Waals surface area contributed by atoms with Gasteiger partial charge in [-0.2, -0.15) is 0 Å². The standard InChI is InChI=1S/C27H27NO4S/c1-16-7-8-20-19(13-25(29)32-27(20)17(16)2)15-28-10-9-18-12-22(30-3)23(31-4)14-21(18)26(28)24-6-5-11-33-24/h5-8,11-14,26H,9-10,15H2,1-4H3/t26-/m0/s1. The van der Waals surface area contributed by atoms with Gasteiger partial charge in [0.15, 0.2) is 11.5 Å². The van der Waals surface area contributed by atoms with Crippen LogP contribution in [0.5, 0.6) is 11.5 Å². The second-order valence-electron chi connectivity index (χ2n) is 8.52. The number of thiophene rings is 1. The van der Waals surface area contributed by atoms with E-state index in [0.717, 1.165) is 46.5 Å². The lowest BCUT2D eigenvalue weighted by Gasteiger charge is -2.37. The van der Waals surface area contributed by atoms with Gasteiger partial charge in [0.2, 0.25) is 0 Å². The molecule has 0 aliphatic carbocycles. The third-order valence-corrected chi connectivity index (χ3v) is 7.60. The van der Waals surface area contributed by atoms with E-state index in [4.69, 9.17) is 13.9 Å². The van der Waals surface area contributed by atoms with Crippen LogP contribution in [0.1, 0.15) is 38.7 Å². The Morgan fingerprint density at radius 1 is 1.09 bits per heavy atom. The molecule has 6 heteroatoms. The summed E-state index contributed by atoms with van der Waals surface area (Å²) in [4.78, 5) is 16.2. The average Bonchev–Trinajstić information content (AvgIpc) is 3.35. The molecule has 2 aromatic heterocycles. The highest BCUT2D eigenvalue weighted by Gasteiger charge is 2.31. The van der Waals surface area contributed by atoms with Gasteiger partial charge in [0, 0.05) is 29.4 Å². The second-order valence-corrected chi connectivity index (χ2v) is 9.50. The number of nitrogens with zero attached hydrogens (tertiary/aromatic N) is 1. The number of ether oxygens (including phenoxy) is 2. The highest BCUT2D eigenvalue weighted by atomic mass is 32.1. The van der Waals surface area contributed by atoms with E-state index in [1.54, 1.807) is 31.6 Å². The minimum Gasteiger partial charge on any atom is -0.493 e. The molecule has 33 heavy (non-hydrogen) atoms. The molecule has 4 aromatic rings. The zero-order valence-electron chi connectivity index (χ0n) is 19.3. The van der Waals surface area contributed by atoms with Crippen molar-refractivity contribution in [1.82, 2.24) is 4.90 Å². The van der Waals surface area contributed by atoms with Crippen molar-refractivity contribution in [2.45, 2.75) is 32.9 Å². The predicted molar refractivity (Wildman–Crippen MR) is 132 cm³/mol. The van der Waals surface area contributed by atoms with Crippen molar-refractivity contribution >= 4 is 22.3 Å². The van der Waals surface area contributed by atoms with Crippen LogP contribution < -0.4 is 15.1 Å². The van der Waals surface area contributed by atoms with Gasteiger partial charge in [-0.15, -0.1) is 11.3 Å². The van der Waals surface area contributed by atoms with Crippen LogP contribution in [0.4, 0.5) is 0 Å². The predicted octanol–water partition coefficient (Wildman–Crippen LogP) is 5.64. The molecule has 5 rings (SSSR count). The normalized spacial score (nSPS) is 16.1. The molecule has 0 saturated heterocycles. The molecule has 5 nitrogen and oxygen atoms in total. The molecule has 0 unspecified atom stereocenters. The third kappa shape index (κ3) is 3.83. The topological polar surface area (TPSA) is 51.9 Å². The summed E-state index contributed by atoms with van der Waals surface area (Å²) < 4.78 is 16.8. The number of aryl methyl sites for hydroxylation is 2. The van der Waals surface area contributed by atoms with E-state index < -0.39 is 0 Å². The van der Waals surface area contributed by atoms with Gasteiger partial charge < -0.3 is 13.9 Å². The summed E-state index contributed by atoms with van der Waals surface area (Å²) in [5, 5.41) is 3.11. The molecule has 0 saturated carbocycles. The SMILES string of the molecule is COc1cc2c(cc1OC)[C@@H](c1cccs1)N(Cc1cc(=O)oc3c(C)c(C)ccc13)CC2. The molecule has 0 bridgehead atoms. The Labute approximate surface area is 197 Å². The van der Waals surface area contributed by atoms with Crippen LogP contribution in [0.25, 0.3) is 11.0 Å². The van der Waals surface area contributed by atoms with Gasteiger partial charge >= 0.3 is 5.63 Å². The van der Waals surface area contributed by atoms with Crippen LogP contribution in [0.3, 0.4) is 0 Å². The zero-order valence-corrected chi connectivity index (χ0v) is 20.1. The molecule has 0 spiro atoms. The zero-order chi connectivity index (χ0) is 23.1. The first-order chi connectivity index (χ1) is 16.0. The molecule has 1 atom stereocenters. The van der Waals surface area contributed by atoms with Crippen LogP contribution in [0.15, 0.2) is 57.1 Å². The molecule has 0 radical (unpaired) electrons. The van der Waals surface area contributed by atoms with Gasteiger partial charge in [-0.05, 0) is 71.7 Å². The van der Waals surface area contributed by atoms with E-state index in [-0.39, 0.29) is 11.7 Å². The maximum Gasteiger partial charge on any atom is 0.336 e. The van der Waals surface area contributed by atoms with Crippen LogP contribution in [-0.4, -0.2) is 25.7 Å². The maximum absolute atomic E-state index is 12.5. The van der Waals surface area contributed by atoms with Crippen molar-refractivity contribution in [3.63, 3.8) is 0 Å². The highest BCUT2D eigenvalue weighted by Crippen LogP contribution is 2.43. The summed E-state index contributed by atoms with van der Waals surface area (Å²) in [5.41, 5.74) is 6.01. The Balaban J connectivity index is 1.62. The third-order valence-electron chi connectivity index (χ3n) is 6.68. The lowest BCUT2D eigenvalue weighted by molar-refractivity contribution is 0.206. The molecule has 0 fully saturated rings. The lowest BCUT2D eigenvalue weighted by atomic mass is 9.90. The summed E-state index contributed by atoms with van der Waals surface area (Å²) in [5.74, 6) is 1.49. The number of rotatable bonds is 5. The van der Waals surface area contributed by atoms with Crippen molar-refractivity contribution in [3.8, 4) is 11.5 Å². The Morgan fingerprint density at radius 2 is 1.88 bits per heavy atom. The lowest BCUT2D eigenvalue weighted by Crippen LogP contribution is -2.35. The Hall–Kier alpha value is -3.09. The molecule has 170 valence electrons. The number of benzene rings is 2. The van der Waals surface area contributed by atoms with Gasteiger partial charge in [-0.3, -0.25) is 4.90 Å². The Morgan fingerprint density at radius 3 is 2.61 bits per heavy atom. The first-order valence-corrected chi connectivity index (χ1v) is 11.9. The summed E-state index contributed by atoms with van der Waals surface area (Å²) in [7, 11) is 3.34. The highest BCUT2D eigenvalue weighted by molar-refractivity contribution is 7.10. The van der Waals surface area contributed by atoms with Crippen LogP contribution >= 0.6 is 11.3 Å². The number of methoxy groups -OCH3 is 2. The molecule has 0 amide bonds. The fraction of sp³-hybridized carbons (Fsp3) is 0.296. The number of hydrogen-bond acceptors (Lipinski definition) is 6. The maximum atomic E-state index is 12.5. The van der Waals surface area contributed by atoms with Crippen molar-refractivity contribution in [3.05, 3.63) is 91.0 Å². The molecule has 2 aromatic carbocycles. The molecule has 0 N–H and O–H groups in total. The van der Waals surface area contributed by atoms with Crippen LogP contribution in [-0.2, 0) is 13.0 Å².